The lowest BCUT2D eigenvalue weighted by atomic mass is 10.0. The summed E-state index contributed by atoms with van der Waals surface area (Å²) in [5, 5.41) is 26.0. The molecule has 0 aliphatic carbocycles. The Balaban J connectivity index is 1.53. The van der Waals surface area contributed by atoms with Crippen molar-refractivity contribution < 1.29 is 16.4 Å². The first kappa shape index (κ1) is 19.2. The minimum atomic E-state index is -1.68. The summed E-state index contributed by atoms with van der Waals surface area (Å²) in [6.07, 6.45) is -1.68. The van der Waals surface area contributed by atoms with Crippen LogP contribution < -0.4 is 10.6 Å². The molecule has 29 heavy (non-hydrogen) atoms. The Bertz CT molecular complexity index is 1020. The SMILES string of the molecule is [2H][C@](O)(CNCCNc1cccc(-c2cccc(C(=O)O)c2)c1)c1cccc(C)c1. The number of carbonyl (C=O) groups is 1. The molecule has 0 unspecified atom stereocenters. The van der Waals surface area contributed by atoms with Crippen molar-refractivity contribution in [2.24, 2.45) is 0 Å². The van der Waals surface area contributed by atoms with E-state index in [0.717, 1.165) is 22.4 Å². The van der Waals surface area contributed by atoms with Gasteiger partial charge in [-0.25, -0.2) is 4.79 Å². The highest BCUT2D eigenvalue weighted by atomic mass is 16.4. The van der Waals surface area contributed by atoms with Crippen LogP contribution in [0.2, 0.25) is 0 Å². The van der Waals surface area contributed by atoms with Crippen LogP contribution in [0.5, 0.6) is 0 Å². The summed E-state index contributed by atoms with van der Waals surface area (Å²) in [5.41, 5.74) is 4.51. The van der Waals surface area contributed by atoms with Crippen LogP contribution in [0.4, 0.5) is 5.69 Å². The van der Waals surface area contributed by atoms with E-state index < -0.39 is 12.0 Å². The fourth-order valence-corrected chi connectivity index (χ4v) is 3.07. The molecule has 3 rings (SSSR count). The number of carboxylic acid groups (broad SMARTS) is 1. The number of rotatable bonds is 9. The number of aryl methyl sites for hydroxylation is 1. The highest BCUT2D eigenvalue weighted by molar-refractivity contribution is 5.89. The largest absolute Gasteiger partial charge is 0.478 e. The number of anilines is 1. The molecular weight excluding hydrogens is 364 g/mol. The zero-order chi connectivity index (χ0) is 21.6. The van der Waals surface area contributed by atoms with E-state index in [-0.39, 0.29) is 12.1 Å². The van der Waals surface area contributed by atoms with Gasteiger partial charge >= 0.3 is 5.97 Å². The minimum absolute atomic E-state index is 0.125. The highest BCUT2D eigenvalue weighted by Gasteiger charge is 2.07. The molecule has 5 nitrogen and oxygen atoms in total. The second-order valence-electron chi connectivity index (χ2n) is 6.89. The molecule has 0 amide bonds. The zero-order valence-electron chi connectivity index (χ0n) is 17.4. The van der Waals surface area contributed by atoms with E-state index in [1.807, 2.05) is 55.5 Å². The van der Waals surface area contributed by atoms with Crippen LogP contribution in [0.15, 0.2) is 72.8 Å². The summed E-state index contributed by atoms with van der Waals surface area (Å²) >= 11 is 0. The normalized spacial score (nSPS) is 13.4. The van der Waals surface area contributed by atoms with E-state index in [1.54, 1.807) is 24.3 Å². The molecule has 3 aromatic carbocycles. The molecular formula is C24H26N2O3. The second kappa shape index (κ2) is 9.87. The van der Waals surface area contributed by atoms with Gasteiger partial charge in [-0.2, -0.15) is 0 Å². The average Bonchev–Trinajstić information content (AvgIpc) is 2.74. The molecule has 0 aliphatic heterocycles. The first-order valence-electron chi connectivity index (χ1n) is 10.0. The van der Waals surface area contributed by atoms with Crippen molar-refractivity contribution in [2.45, 2.75) is 13.0 Å². The van der Waals surface area contributed by atoms with Gasteiger partial charge < -0.3 is 20.8 Å². The van der Waals surface area contributed by atoms with Gasteiger partial charge in [0.1, 0.15) is 0 Å². The highest BCUT2D eigenvalue weighted by Crippen LogP contribution is 2.23. The molecule has 0 spiro atoms. The van der Waals surface area contributed by atoms with Gasteiger partial charge in [0.05, 0.1) is 13.0 Å². The van der Waals surface area contributed by atoms with Crippen molar-refractivity contribution in [1.29, 1.82) is 0 Å². The lowest BCUT2D eigenvalue weighted by molar-refractivity contribution is 0.0697. The number of carboxylic acids is 1. The summed E-state index contributed by atoms with van der Waals surface area (Å²) in [6.45, 7) is 3.25. The number of hydrogen-bond donors (Lipinski definition) is 4. The van der Waals surface area contributed by atoms with Gasteiger partial charge in [-0.3, -0.25) is 0 Å². The van der Waals surface area contributed by atoms with Crippen LogP contribution in [0, 0.1) is 6.92 Å². The fourth-order valence-electron chi connectivity index (χ4n) is 3.07. The molecule has 4 N–H and O–H groups in total. The predicted molar refractivity (Wildman–Crippen MR) is 116 cm³/mol. The quantitative estimate of drug-likeness (QED) is 0.413. The Labute approximate surface area is 172 Å². The van der Waals surface area contributed by atoms with Crippen molar-refractivity contribution in [3.8, 4) is 11.1 Å². The molecule has 0 aromatic heterocycles. The molecule has 3 aromatic rings. The standard InChI is InChI=1S/C24H26N2O3/c1-17-5-2-8-20(13-17)23(27)16-25-11-12-26-22-10-4-7-19(15-22)18-6-3-9-21(14-18)24(28)29/h2-10,13-15,23,25-27H,11-12,16H2,1H3,(H,28,29)/t23-/m0/s1/i23D. The van der Waals surface area contributed by atoms with Crippen molar-refractivity contribution in [1.82, 2.24) is 5.32 Å². The Hall–Kier alpha value is -3.15. The number of aliphatic hydroxyl groups is 1. The van der Waals surface area contributed by atoms with E-state index in [2.05, 4.69) is 10.6 Å². The summed E-state index contributed by atoms with van der Waals surface area (Å²) in [7, 11) is 0. The zero-order valence-corrected chi connectivity index (χ0v) is 16.4. The Kier molecular flexibility index (Phi) is 6.53. The molecule has 1 atom stereocenters. The average molecular weight is 391 g/mol. The van der Waals surface area contributed by atoms with Crippen LogP contribution in [-0.2, 0) is 0 Å². The van der Waals surface area contributed by atoms with Gasteiger partial charge in [0.25, 0.3) is 0 Å². The van der Waals surface area contributed by atoms with Crippen molar-refractivity contribution in [3.05, 3.63) is 89.5 Å². The monoisotopic (exact) mass is 391 g/mol. The third-order valence-electron chi connectivity index (χ3n) is 4.58. The van der Waals surface area contributed by atoms with Crippen molar-refractivity contribution in [3.63, 3.8) is 0 Å². The van der Waals surface area contributed by atoms with E-state index in [0.29, 0.717) is 18.7 Å². The van der Waals surface area contributed by atoms with E-state index in [1.165, 1.54) is 0 Å². The maximum absolute atomic E-state index is 11.2. The van der Waals surface area contributed by atoms with E-state index >= 15 is 0 Å². The van der Waals surface area contributed by atoms with Crippen LogP contribution in [0.3, 0.4) is 0 Å². The van der Waals surface area contributed by atoms with Gasteiger partial charge in [0.15, 0.2) is 0 Å². The summed E-state index contributed by atoms with van der Waals surface area (Å²) in [6, 6.07) is 22.0. The second-order valence-corrected chi connectivity index (χ2v) is 6.89. The Morgan fingerprint density at radius 1 is 1.00 bits per heavy atom. The Morgan fingerprint density at radius 3 is 2.48 bits per heavy atom. The molecule has 150 valence electrons. The Morgan fingerprint density at radius 2 is 1.72 bits per heavy atom. The first-order chi connectivity index (χ1) is 14.3. The molecule has 0 aliphatic rings. The summed E-state index contributed by atoms with van der Waals surface area (Å²) < 4.78 is 8.17. The van der Waals surface area contributed by atoms with Gasteiger partial charge in [0.2, 0.25) is 0 Å². The van der Waals surface area contributed by atoms with Crippen LogP contribution >= 0.6 is 0 Å². The van der Waals surface area contributed by atoms with Crippen LogP contribution in [-0.4, -0.2) is 35.8 Å². The van der Waals surface area contributed by atoms with Gasteiger partial charge in [0, 0.05) is 25.3 Å². The number of benzene rings is 3. The number of hydrogen-bond acceptors (Lipinski definition) is 4. The lowest BCUT2D eigenvalue weighted by Crippen LogP contribution is -2.26. The third kappa shape index (κ3) is 5.91. The number of aromatic carboxylic acids is 1. The van der Waals surface area contributed by atoms with Crippen molar-refractivity contribution >= 4 is 11.7 Å². The fraction of sp³-hybridized carbons (Fsp3) is 0.208. The molecule has 0 heterocycles. The van der Waals surface area contributed by atoms with Gasteiger partial charge in [-0.05, 0) is 47.9 Å². The van der Waals surface area contributed by atoms with Crippen LogP contribution in [0.25, 0.3) is 11.1 Å². The van der Waals surface area contributed by atoms with E-state index in [9.17, 15) is 15.0 Å². The van der Waals surface area contributed by atoms with Crippen LogP contribution in [0.1, 0.15) is 28.9 Å². The number of nitrogens with one attached hydrogen (secondary N) is 2. The van der Waals surface area contributed by atoms with E-state index in [4.69, 9.17) is 1.37 Å². The third-order valence-corrected chi connectivity index (χ3v) is 4.58. The predicted octanol–water partition coefficient (Wildman–Crippen LogP) is 4.10. The summed E-state index contributed by atoms with van der Waals surface area (Å²) in [5.74, 6) is -0.947. The lowest BCUT2D eigenvalue weighted by Gasteiger charge is -2.14. The van der Waals surface area contributed by atoms with Crippen molar-refractivity contribution in [2.75, 3.05) is 25.0 Å². The maximum atomic E-state index is 11.2. The van der Waals surface area contributed by atoms with Gasteiger partial charge in [-0.1, -0.05) is 54.1 Å². The molecule has 0 saturated carbocycles. The molecule has 0 fully saturated rings. The first-order valence-corrected chi connectivity index (χ1v) is 9.53. The molecule has 0 saturated heterocycles. The summed E-state index contributed by atoms with van der Waals surface area (Å²) in [4.78, 5) is 11.2. The minimum Gasteiger partial charge on any atom is -0.478 e. The molecule has 0 radical (unpaired) electrons. The topological polar surface area (TPSA) is 81.6 Å². The smallest absolute Gasteiger partial charge is 0.335 e. The molecule has 5 heteroatoms. The molecule has 0 bridgehead atoms. The maximum Gasteiger partial charge on any atom is 0.335 e. The van der Waals surface area contributed by atoms with Gasteiger partial charge in [-0.15, -0.1) is 0 Å².